The van der Waals surface area contributed by atoms with Crippen LogP contribution in [0.1, 0.15) is 25.2 Å². The third kappa shape index (κ3) is 2.99. The largest absolute Gasteiger partial charge is 0.297 e. The highest BCUT2D eigenvalue weighted by atomic mass is 19.1. The maximum Gasteiger partial charge on any atom is 0.165 e. The van der Waals surface area contributed by atoms with Crippen LogP contribution in [0.15, 0.2) is 49.2 Å². The van der Waals surface area contributed by atoms with Crippen molar-refractivity contribution in [3.8, 4) is 28.3 Å². The van der Waals surface area contributed by atoms with Crippen molar-refractivity contribution in [3.05, 3.63) is 66.6 Å². The third-order valence-electron chi connectivity index (χ3n) is 5.82. The smallest absolute Gasteiger partial charge is 0.165 e. The Hall–Kier alpha value is -4.48. The van der Waals surface area contributed by atoms with E-state index in [2.05, 4.69) is 37.4 Å². The Bertz CT molecular complexity index is 1520. The summed E-state index contributed by atoms with van der Waals surface area (Å²) in [6.45, 7) is 2.05. The average Bonchev–Trinajstić information content (AvgIpc) is 3.58. The zero-order chi connectivity index (χ0) is 23.4. The number of aryl methyl sites for hydroxylation is 1. The molecule has 0 fully saturated rings. The molecule has 1 aliphatic heterocycles. The van der Waals surface area contributed by atoms with Crippen molar-refractivity contribution in [1.29, 1.82) is 0 Å². The van der Waals surface area contributed by atoms with Gasteiger partial charge in [0.05, 0.1) is 17.8 Å². The normalized spacial score (nSPS) is 14.8. The van der Waals surface area contributed by atoms with Crippen molar-refractivity contribution in [3.63, 3.8) is 0 Å². The van der Waals surface area contributed by atoms with Crippen molar-refractivity contribution in [1.82, 2.24) is 44.7 Å². The highest BCUT2D eigenvalue weighted by Crippen LogP contribution is 2.43. The predicted octanol–water partition coefficient (Wildman–Crippen LogP) is 3.73. The van der Waals surface area contributed by atoms with Gasteiger partial charge in [0.15, 0.2) is 23.3 Å². The molecule has 5 aromatic rings. The van der Waals surface area contributed by atoms with Gasteiger partial charge < -0.3 is 0 Å². The number of hydrogen-bond donors (Lipinski definition) is 1. The molecule has 0 saturated carbocycles. The molecule has 34 heavy (non-hydrogen) atoms. The molecule has 1 aromatic carbocycles. The summed E-state index contributed by atoms with van der Waals surface area (Å²) >= 11 is 0. The highest BCUT2D eigenvalue weighted by molar-refractivity contribution is 5.79. The molecule has 170 valence electrons. The van der Waals surface area contributed by atoms with E-state index >= 15 is 0 Å². The summed E-state index contributed by atoms with van der Waals surface area (Å²) in [5.74, 6) is 1.01. The van der Waals surface area contributed by atoms with Crippen molar-refractivity contribution in [2.45, 2.75) is 19.4 Å². The quantitative estimate of drug-likeness (QED) is 0.436. The topological polar surface area (TPSA) is 106 Å². The number of aromatic amines is 1. The first-order valence-electron chi connectivity index (χ1n) is 10.6. The number of hydrogen-bond acceptors (Lipinski definition) is 7. The Morgan fingerprint density at radius 2 is 2.03 bits per heavy atom. The Balaban J connectivity index is 1.54. The number of fused-ring (bicyclic) bond motifs is 3. The molecule has 0 bridgehead atoms. The molecule has 6 rings (SSSR count). The highest BCUT2D eigenvalue weighted by Gasteiger charge is 2.36. The minimum atomic E-state index is -0.721. The number of halogens is 2. The number of anilines is 2. The lowest BCUT2D eigenvalue weighted by molar-refractivity contribution is 0.581. The van der Waals surface area contributed by atoms with E-state index in [1.807, 2.05) is 28.8 Å². The van der Waals surface area contributed by atoms with Gasteiger partial charge in [0.2, 0.25) is 0 Å². The van der Waals surface area contributed by atoms with E-state index in [0.717, 1.165) is 18.3 Å². The Labute approximate surface area is 191 Å². The lowest BCUT2D eigenvalue weighted by atomic mass is 10.1. The molecule has 0 radical (unpaired) electrons. The van der Waals surface area contributed by atoms with Gasteiger partial charge in [-0.05, 0) is 18.6 Å². The van der Waals surface area contributed by atoms with Crippen molar-refractivity contribution >= 4 is 11.6 Å². The minimum absolute atomic E-state index is 0.146. The van der Waals surface area contributed by atoms with Gasteiger partial charge in [-0.3, -0.25) is 19.2 Å². The summed E-state index contributed by atoms with van der Waals surface area (Å²) in [4.78, 5) is 11.4. The van der Waals surface area contributed by atoms with Crippen LogP contribution >= 0.6 is 0 Å². The third-order valence-corrected chi connectivity index (χ3v) is 5.82. The summed E-state index contributed by atoms with van der Waals surface area (Å²) in [5, 5.41) is 19.9. The first kappa shape index (κ1) is 20.1. The fourth-order valence-corrected chi connectivity index (χ4v) is 4.28. The van der Waals surface area contributed by atoms with Gasteiger partial charge in [-0.2, -0.15) is 10.2 Å². The van der Waals surface area contributed by atoms with Crippen LogP contribution in [0.3, 0.4) is 0 Å². The average molecular weight is 460 g/mol. The molecule has 1 atom stereocenters. The molecular weight excluding hydrogens is 442 g/mol. The summed E-state index contributed by atoms with van der Waals surface area (Å²) in [5.41, 5.74) is 1.61. The molecule has 0 saturated heterocycles. The second kappa shape index (κ2) is 7.54. The van der Waals surface area contributed by atoms with E-state index in [-0.39, 0.29) is 17.3 Å². The van der Waals surface area contributed by atoms with Crippen LogP contribution < -0.4 is 4.90 Å². The van der Waals surface area contributed by atoms with Gasteiger partial charge in [0.1, 0.15) is 29.3 Å². The standard InChI is InChI=1S/C22H18F2N10/c1-3-16-22-30-27-11-33(22)17-10-25-20(28-21(17)34(16)18-6-7-32(2)31-18)14-9-26-29-19(14)13-5-4-12(23)8-15(13)24/h4-11,16H,3H2,1-2H3,(H,26,29). The number of benzene rings is 1. The first-order chi connectivity index (χ1) is 16.5. The van der Waals surface area contributed by atoms with Gasteiger partial charge in [-0.25, -0.2) is 18.7 Å². The molecule has 10 nitrogen and oxygen atoms in total. The van der Waals surface area contributed by atoms with Crippen LogP contribution in [0.2, 0.25) is 0 Å². The maximum atomic E-state index is 14.5. The molecule has 0 aliphatic carbocycles. The van der Waals surface area contributed by atoms with Gasteiger partial charge in [0, 0.05) is 37.1 Å². The van der Waals surface area contributed by atoms with Crippen molar-refractivity contribution < 1.29 is 8.78 Å². The van der Waals surface area contributed by atoms with Crippen LogP contribution in [-0.4, -0.2) is 44.7 Å². The van der Waals surface area contributed by atoms with Crippen LogP contribution in [0.4, 0.5) is 20.4 Å². The van der Waals surface area contributed by atoms with E-state index in [4.69, 9.17) is 4.98 Å². The molecule has 12 heteroatoms. The molecule has 1 N–H and O–H groups in total. The zero-order valence-corrected chi connectivity index (χ0v) is 18.2. The molecule has 5 heterocycles. The van der Waals surface area contributed by atoms with E-state index in [1.165, 1.54) is 12.1 Å². The lowest BCUT2D eigenvalue weighted by Gasteiger charge is -2.35. The number of aromatic nitrogens is 9. The van der Waals surface area contributed by atoms with Crippen molar-refractivity contribution in [2.75, 3.05) is 4.90 Å². The van der Waals surface area contributed by atoms with E-state index in [1.54, 1.807) is 23.4 Å². The van der Waals surface area contributed by atoms with E-state index < -0.39 is 11.6 Å². The van der Waals surface area contributed by atoms with Crippen LogP contribution in [0, 0.1) is 11.6 Å². The molecule has 4 aromatic heterocycles. The molecule has 0 spiro atoms. The SMILES string of the molecule is CCC1c2nncn2-c2cnc(-c3c[nH]nc3-c3ccc(F)cc3F)nc2N1c1ccn(C)n1. The number of rotatable bonds is 4. The van der Waals surface area contributed by atoms with E-state index in [0.29, 0.717) is 28.7 Å². The van der Waals surface area contributed by atoms with Crippen LogP contribution in [0.5, 0.6) is 0 Å². The number of H-pyrrole nitrogens is 1. The number of nitrogens with one attached hydrogen (secondary N) is 1. The lowest BCUT2D eigenvalue weighted by Crippen LogP contribution is -2.32. The van der Waals surface area contributed by atoms with Crippen LogP contribution in [-0.2, 0) is 7.05 Å². The Morgan fingerprint density at radius 3 is 2.79 bits per heavy atom. The van der Waals surface area contributed by atoms with Crippen molar-refractivity contribution in [2.24, 2.45) is 7.05 Å². The predicted molar refractivity (Wildman–Crippen MR) is 118 cm³/mol. The maximum absolute atomic E-state index is 14.5. The second-order valence-corrected chi connectivity index (χ2v) is 7.87. The summed E-state index contributed by atoms with van der Waals surface area (Å²) in [7, 11) is 1.85. The fourth-order valence-electron chi connectivity index (χ4n) is 4.28. The van der Waals surface area contributed by atoms with E-state index in [9.17, 15) is 8.78 Å². The van der Waals surface area contributed by atoms with Gasteiger partial charge >= 0.3 is 0 Å². The molecule has 0 amide bonds. The first-order valence-corrected chi connectivity index (χ1v) is 10.6. The number of nitrogens with zero attached hydrogens (tertiary/aromatic N) is 9. The second-order valence-electron chi connectivity index (χ2n) is 7.87. The molecular formula is C22H18F2N10. The van der Waals surface area contributed by atoms with Gasteiger partial charge in [0.25, 0.3) is 0 Å². The fraction of sp³-hybridized carbons (Fsp3) is 0.182. The molecule has 1 aliphatic rings. The van der Waals surface area contributed by atoms with Gasteiger partial charge in [-0.15, -0.1) is 10.2 Å². The Kier molecular flexibility index (Phi) is 4.47. The minimum Gasteiger partial charge on any atom is -0.297 e. The zero-order valence-electron chi connectivity index (χ0n) is 18.2. The monoisotopic (exact) mass is 460 g/mol. The molecule has 1 unspecified atom stereocenters. The summed E-state index contributed by atoms with van der Waals surface area (Å²) in [6, 6.07) is 5.10. The Morgan fingerprint density at radius 1 is 1.15 bits per heavy atom. The van der Waals surface area contributed by atoms with Gasteiger partial charge in [-0.1, -0.05) is 6.92 Å². The summed E-state index contributed by atoms with van der Waals surface area (Å²) in [6.07, 6.45) is 7.48. The van der Waals surface area contributed by atoms with Crippen LogP contribution in [0.25, 0.3) is 28.3 Å². The summed E-state index contributed by atoms with van der Waals surface area (Å²) < 4.78 is 31.6.